The number of para-hydroxylation sites is 2. The van der Waals surface area contributed by atoms with Crippen LogP contribution in [0.4, 0.5) is 16.2 Å². The first-order valence-corrected chi connectivity index (χ1v) is 12.0. The fourth-order valence-electron chi connectivity index (χ4n) is 4.30. The first-order chi connectivity index (χ1) is 14.7. The maximum absolute atomic E-state index is 13.6. The quantitative estimate of drug-likeness (QED) is 0.728. The topological polar surface area (TPSA) is 78.0 Å². The summed E-state index contributed by atoms with van der Waals surface area (Å²) in [6.45, 7) is 6.83. The molecule has 2 aliphatic rings. The zero-order valence-corrected chi connectivity index (χ0v) is 18.9. The predicted molar refractivity (Wildman–Crippen MR) is 120 cm³/mol. The van der Waals surface area contributed by atoms with E-state index in [9.17, 15) is 18.0 Å². The summed E-state index contributed by atoms with van der Waals surface area (Å²) < 4.78 is 27.8. The van der Waals surface area contributed by atoms with E-state index in [0.717, 1.165) is 17.1 Å². The fourth-order valence-corrected chi connectivity index (χ4v) is 6.02. The molecule has 4 rings (SSSR count). The van der Waals surface area contributed by atoms with Crippen LogP contribution in [0.1, 0.15) is 30.9 Å². The van der Waals surface area contributed by atoms with Gasteiger partial charge in [0.1, 0.15) is 11.4 Å². The van der Waals surface area contributed by atoms with Crippen molar-refractivity contribution >= 4 is 33.3 Å². The fraction of sp³-hybridized carbons (Fsp3) is 0.391. The number of hydrogen-bond donors (Lipinski definition) is 0. The Hall–Kier alpha value is -2.87. The Morgan fingerprint density at radius 3 is 2.26 bits per heavy atom. The van der Waals surface area contributed by atoms with Crippen LogP contribution in [0.5, 0.6) is 0 Å². The normalized spacial score (nSPS) is 18.8. The number of fused-ring (bicyclic) bond motifs is 1. The van der Waals surface area contributed by atoms with Crippen LogP contribution in [-0.4, -0.2) is 44.9 Å². The number of hydrogen-bond acceptors (Lipinski definition) is 4. The van der Waals surface area contributed by atoms with E-state index in [0.29, 0.717) is 35.8 Å². The second kappa shape index (κ2) is 8.00. The van der Waals surface area contributed by atoms with E-state index in [1.54, 1.807) is 49.1 Å². The third-order valence-electron chi connectivity index (χ3n) is 6.15. The zero-order valence-electron chi connectivity index (χ0n) is 18.0. The number of piperidine rings is 1. The molecule has 31 heavy (non-hydrogen) atoms. The molecule has 0 saturated carbocycles. The summed E-state index contributed by atoms with van der Waals surface area (Å²) in [5, 5.41) is 0. The van der Waals surface area contributed by atoms with E-state index in [-0.39, 0.29) is 23.0 Å². The SMILES string of the molecule is Cc1cccc(C)c1N1C(=O)N(CC(=O)N2CCC(C)CC2)c2ccccc2S1(=O)=O. The van der Waals surface area contributed by atoms with Gasteiger partial charge in [0.05, 0.1) is 11.4 Å². The summed E-state index contributed by atoms with van der Waals surface area (Å²) in [6.07, 6.45) is 1.86. The standard InChI is InChI=1S/C23H27N3O4S/c1-16-11-13-24(14-12-16)21(27)15-25-19-9-4-5-10-20(19)31(29,30)26(23(25)28)22-17(2)7-6-8-18(22)3/h4-10,16H,11-15H2,1-3H3. The maximum Gasteiger partial charge on any atom is 0.343 e. The van der Waals surface area contributed by atoms with Crippen molar-refractivity contribution in [2.75, 3.05) is 28.8 Å². The van der Waals surface area contributed by atoms with Gasteiger partial charge in [0.2, 0.25) is 5.91 Å². The summed E-state index contributed by atoms with van der Waals surface area (Å²) in [5.74, 6) is 0.405. The minimum Gasteiger partial charge on any atom is -0.341 e. The second-order valence-electron chi connectivity index (χ2n) is 8.41. The molecule has 0 radical (unpaired) electrons. The summed E-state index contributed by atoms with van der Waals surface area (Å²) >= 11 is 0. The summed E-state index contributed by atoms with van der Waals surface area (Å²) in [5.41, 5.74) is 1.93. The van der Waals surface area contributed by atoms with Gasteiger partial charge in [-0.25, -0.2) is 13.2 Å². The van der Waals surface area contributed by atoms with Gasteiger partial charge >= 0.3 is 6.03 Å². The number of rotatable bonds is 3. The number of likely N-dealkylation sites (tertiary alicyclic amines) is 1. The van der Waals surface area contributed by atoms with Crippen molar-refractivity contribution in [2.45, 2.75) is 38.5 Å². The highest BCUT2D eigenvalue weighted by Gasteiger charge is 2.44. The smallest absolute Gasteiger partial charge is 0.341 e. The average molecular weight is 442 g/mol. The zero-order chi connectivity index (χ0) is 22.3. The number of carbonyl (C=O) groups is 2. The van der Waals surface area contributed by atoms with Crippen LogP contribution in [0, 0.1) is 19.8 Å². The minimum absolute atomic E-state index is 0.0253. The molecule has 2 aromatic rings. The van der Waals surface area contributed by atoms with E-state index >= 15 is 0 Å². The summed E-state index contributed by atoms with van der Waals surface area (Å²) in [6, 6.07) is 11.0. The Kier molecular flexibility index (Phi) is 5.51. The lowest BCUT2D eigenvalue weighted by molar-refractivity contribution is -0.130. The van der Waals surface area contributed by atoms with Crippen molar-refractivity contribution in [1.82, 2.24) is 4.90 Å². The third kappa shape index (κ3) is 3.69. The number of benzene rings is 2. The summed E-state index contributed by atoms with van der Waals surface area (Å²) in [7, 11) is -4.11. The van der Waals surface area contributed by atoms with Gasteiger partial charge in [-0.05, 0) is 55.9 Å². The molecule has 1 saturated heterocycles. The Morgan fingerprint density at radius 1 is 1.00 bits per heavy atom. The predicted octanol–water partition coefficient (Wildman–Crippen LogP) is 3.70. The first kappa shape index (κ1) is 21.4. The number of nitrogens with zero attached hydrogens (tertiary/aromatic N) is 3. The van der Waals surface area contributed by atoms with Crippen molar-refractivity contribution in [3.8, 4) is 0 Å². The summed E-state index contributed by atoms with van der Waals surface area (Å²) in [4.78, 5) is 29.7. The molecule has 0 aromatic heterocycles. The Labute approximate surface area is 183 Å². The molecule has 7 nitrogen and oxygen atoms in total. The molecule has 0 atom stereocenters. The molecule has 0 N–H and O–H groups in total. The van der Waals surface area contributed by atoms with E-state index in [1.165, 1.54) is 11.0 Å². The van der Waals surface area contributed by atoms with E-state index in [1.807, 2.05) is 6.07 Å². The molecule has 0 spiro atoms. The molecule has 0 bridgehead atoms. The third-order valence-corrected chi connectivity index (χ3v) is 7.87. The lowest BCUT2D eigenvalue weighted by Gasteiger charge is -2.38. The van der Waals surface area contributed by atoms with Crippen LogP contribution in [-0.2, 0) is 14.8 Å². The van der Waals surface area contributed by atoms with Crippen molar-refractivity contribution in [2.24, 2.45) is 5.92 Å². The highest BCUT2D eigenvalue weighted by molar-refractivity contribution is 7.94. The molecule has 8 heteroatoms. The van der Waals surface area contributed by atoms with Gasteiger partial charge in [-0.15, -0.1) is 0 Å². The lowest BCUT2D eigenvalue weighted by atomic mass is 9.99. The van der Waals surface area contributed by atoms with Gasteiger partial charge in [0.15, 0.2) is 0 Å². The van der Waals surface area contributed by atoms with Crippen molar-refractivity contribution in [3.05, 3.63) is 53.6 Å². The van der Waals surface area contributed by atoms with Gasteiger partial charge < -0.3 is 4.90 Å². The molecular formula is C23H27N3O4S. The van der Waals surface area contributed by atoms with E-state index in [4.69, 9.17) is 0 Å². The number of amides is 3. The molecule has 1 fully saturated rings. The first-order valence-electron chi connectivity index (χ1n) is 10.5. The van der Waals surface area contributed by atoms with Crippen molar-refractivity contribution in [3.63, 3.8) is 0 Å². The molecular weight excluding hydrogens is 414 g/mol. The highest BCUT2D eigenvalue weighted by Crippen LogP contribution is 2.39. The Morgan fingerprint density at radius 2 is 1.61 bits per heavy atom. The molecule has 2 heterocycles. The number of carbonyl (C=O) groups excluding carboxylic acids is 2. The maximum atomic E-state index is 13.6. The molecule has 0 unspecified atom stereocenters. The van der Waals surface area contributed by atoms with Crippen LogP contribution >= 0.6 is 0 Å². The monoisotopic (exact) mass is 441 g/mol. The number of urea groups is 1. The molecule has 164 valence electrons. The number of aryl methyl sites for hydroxylation is 2. The van der Waals surface area contributed by atoms with Crippen molar-refractivity contribution in [1.29, 1.82) is 0 Å². The van der Waals surface area contributed by atoms with Crippen LogP contribution < -0.4 is 9.21 Å². The van der Waals surface area contributed by atoms with Gasteiger partial charge in [0.25, 0.3) is 10.0 Å². The molecule has 3 amide bonds. The lowest BCUT2D eigenvalue weighted by Crippen LogP contribution is -2.55. The molecule has 0 aliphatic carbocycles. The van der Waals surface area contributed by atoms with Crippen LogP contribution in [0.2, 0.25) is 0 Å². The highest BCUT2D eigenvalue weighted by atomic mass is 32.2. The minimum atomic E-state index is -4.11. The average Bonchev–Trinajstić information content (AvgIpc) is 2.73. The number of anilines is 2. The Balaban J connectivity index is 1.77. The van der Waals surface area contributed by atoms with Crippen LogP contribution in [0.3, 0.4) is 0 Å². The van der Waals surface area contributed by atoms with Gasteiger partial charge in [0, 0.05) is 13.1 Å². The van der Waals surface area contributed by atoms with E-state index in [2.05, 4.69) is 6.92 Å². The molecule has 2 aromatic carbocycles. The largest absolute Gasteiger partial charge is 0.343 e. The number of sulfonamides is 1. The Bertz CT molecular complexity index is 1120. The van der Waals surface area contributed by atoms with Gasteiger partial charge in [-0.2, -0.15) is 4.31 Å². The second-order valence-corrected chi connectivity index (χ2v) is 10.2. The van der Waals surface area contributed by atoms with Crippen LogP contribution in [0.25, 0.3) is 0 Å². The van der Waals surface area contributed by atoms with Crippen LogP contribution in [0.15, 0.2) is 47.4 Å². The van der Waals surface area contributed by atoms with Gasteiger partial charge in [-0.3, -0.25) is 9.69 Å². The molecule has 2 aliphatic heterocycles. The van der Waals surface area contributed by atoms with Crippen molar-refractivity contribution < 1.29 is 18.0 Å². The van der Waals surface area contributed by atoms with E-state index < -0.39 is 16.1 Å². The van der Waals surface area contributed by atoms with Gasteiger partial charge in [-0.1, -0.05) is 37.3 Å².